The molecule has 2 nitrogen and oxygen atoms in total. The normalized spacial score (nSPS) is 14.3. The molecule has 2 aromatic carbocycles. The zero-order valence-corrected chi connectivity index (χ0v) is 12.9. The number of alkyl halides is 4. The van der Waals surface area contributed by atoms with Crippen molar-refractivity contribution in [3.8, 4) is 0 Å². The molecule has 0 radical (unpaired) electrons. The number of benzene rings is 2. The molecule has 2 atom stereocenters. The summed E-state index contributed by atoms with van der Waals surface area (Å²) in [5.74, 6) is 0. The molecular weight excluding hydrogens is 324 g/mol. The number of rotatable bonds is 8. The lowest BCUT2D eigenvalue weighted by atomic mass is 10.0. The van der Waals surface area contributed by atoms with Crippen molar-refractivity contribution in [3.63, 3.8) is 0 Å². The summed E-state index contributed by atoms with van der Waals surface area (Å²) in [5.41, 5.74) is 1.61. The van der Waals surface area contributed by atoms with Crippen molar-refractivity contribution in [2.45, 2.75) is 31.7 Å². The van der Waals surface area contributed by atoms with Gasteiger partial charge in [0.15, 0.2) is 0 Å². The van der Waals surface area contributed by atoms with Gasteiger partial charge < -0.3 is 4.74 Å². The molecule has 0 aliphatic heterocycles. The van der Waals surface area contributed by atoms with Crippen LogP contribution in [-0.2, 0) is 16.1 Å². The third-order valence-corrected chi connectivity index (χ3v) is 3.36. The Morgan fingerprint density at radius 2 is 1.46 bits per heavy atom. The minimum atomic E-state index is -4.84. The number of hydrogen-bond donors (Lipinski definition) is 0. The summed E-state index contributed by atoms with van der Waals surface area (Å²) in [6, 6.07) is 18.2. The summed E-state index contributed by atoms with van der Waals surface area (Å²) in [5, 5.41) is 0. The van der Waals surface area contributed by atoms with Gasteiger partial charge in [0.25, 0.3) is 0 Å². The summed E-state index contributed by atoms with van der Waals surface area (Å²) in [6.45, 7) is -0.797. The number of hydrogen-bond acceptors (Lipinski definition) is 2. The SMILES string of the molecule is FC(COC(F)(F)F)CC(OCc1ccccc1)c1ccccc1. The molecule has 24 heavy (non-hydrogen) atoms. The van der Waals surface area contributed by atoms with E-state index in [1.807, 2.05) is 30.3 Å². The second kappa shape index (κ2) is 8.80. The van der Waals surface area contributed by atoms with E-state index in [9.17, 15) is 17.6 Å². The lowest BCUT2D eigenvalue weighted by Gasteiger charge is -2.21. The number of ether oxygens (including phenoxy) is 2. The standard InChI is InChI=1S/C18H18F4O2/c19-16(13-24-18(20,21)22)11-17(15-9-5-2-6-10-15)23-12-14-7-3-1-4-8-14/h1-10,16-17H,11-13H2. The summed E-state index contributed by atoms with van der Waals surface area (Å²) in [4.78, 5) is 0. The Labute approximate surface area is 138 Å². The summed E-state index contributed by atoms with van der Waals surface area (Å²) in [7, 11) is 0. The lowest BCUT2D eigenvalue weighted by Crippen LogP contribution is -2.22. The smallest absolute Gasteiger partial charge is 0.369 e. The molecule has 0 N–H and O–H groups in total. The molecule has 0 bridgehead atoms. The van der Waals surface area contributed by atoms with E-state index in [4.69, 9.17) is 4.74 Å². The van der Waals surface area contributed by atoms with Crippen molar-refractivity contribution in [2.75, 3.05) is 6.61 Å². The molecule has 0 heterocycles. The van der Waals surface area contributed by atoms with Crippen LogP contribution in [0, 0.1) is 0 Å². The Balaban J connectivity index is 1.98. The predicted octanol–water partition coefficient (Wildman–Crippen LogP) is 5.21. The summed E-state index contributed by atoms with van der Waals surface area (Å²) in [6.07, 6.45) is -7.49. The minimum absolute atomic E-state index is 0.215. The second-order valence-corrected chi connectivity index (χ2v) is 5.29. The highest BCUT2D eigenvalue weighted by molar-refractivity contribution is 5.18. The van der Waals surface area contributed by atoms with Crippen LogP contribution in [0.4, 0.5) is 17.6 Å². The Bertz CT molecular complexity index is 587. The molecule has 6 heteroatoms. The van der Waals surface area contributed by atoms with Gasteiger partial charge >= 0.3 is 6.36 Å². The molecule has 0 saturated carbocycles. The molecule has 0 aliphatic carbocycles. The van der Waals surface area contributed by atoms with Gasteiger partial charge in [0.2, 0.25) is 0 Å². The van der Waals surface area contributed by atoms with Gasteiger partial charge in [-0.2, -0.15) is 0 Å². The third-order valence-electron chi connectivity index (χ3n) is 3.36. The largest absolute Gasteiger partial charge is 0.522 e. The Hall–Kier alpha value is -1.92. The fourth-order valence-corrected chi connectivity index (χ4v) is 2.22. The zero-order valence-electron chi connectivity index (χ0n) is 12.9. The van der Waals surface area contributed by atoms with E-state index >= 15 is 0 Å². The molecular formula is C18H18F4O2. The highest BCUT2D eigenvalue weighted by Crippen LogP contribution is 2.26. The van der Waals surface area contributed by atoms with Crippen molar-refractivity contribution in [1.82, 2.24) is 0 Å². The van der Waals surface area contributed by atoms with E-state index < -0.39 is 25.2 Å². The molecule has 0 saturated heterocycles. The molecule has 2 unspecified atom stereocenters. The molecule has 0 spiro atoms. The fraction of sp³-hybridized carbons (Fsp3) is 0.333. The summed E-state index contributed by atoms with van der Waals surface area (Å²) < 4.78 is 59.3. The van der Waals surface area contributed by atoms with Crippen LogP contribution in [0.1, 0.15) is 23.7 Å². The van der Waals surface area contributed by atoms with E-state index in [1.165, 1.54) is 0 Å². The van der Waals surface area contributed by atoms with Gasteiger partial charge in [-0.15, -0.1) is 13.2 Å². The van der Waals surface area contributed by atoms with Crippen LogP contribution in [0.25, 0.3) is 0 Å². The zero-order chi connectivity index (χ0) is 17.4. The Morgan fingerprint density at radius 3 is 2.04 bits per heavy atom. The molecule has 2 aromatic rings. The van der Waals surface area contributed by atoms with Gasteiger partial charge in [-0.25, -0.2) is 4.39 Å². The third kappa shape index (κ3) is 6.68. The van der Waals surface area contributed by atoms with Gasteiger partial charge in [0, 0.05) is 6.42 Å². The first kappa shape index (κ1) is 18.4. The Kier molecular flexibility index (Phi) is 6.75. The fourth-order valence-electron chi connectivity index (χ4n) is 2.22. The average molecular weight is 342 g/mol. The van der Waals surface area contributed by atoms with Crippen LogP contribution in [0.2, 0.25) is 0 Å². The van der Waals surface area contributed by atoms with Crippen LogP contribution < -0.4 is 0 Å². The van der Waals surface area contributed by atoms with Gasteiger partial charge in [-0.1, -0.05) is 60.7 Å². The maximum atomic E-state index is 13.9. The van der Waals surface area contributed by atoms with E-state index in [2.05, 4.69) is 4.74 Å². The predicted molar refractivity (Wildman–Crippen MR) is 81.9 cm³/mol. The molecule has 0 fully saturated rings. The van der Waals surface area contributed by atoms with Crippen LogP contribution >= 0.6 is 0 Å². The van der Waals surface area contributed by atoms with E-state index in [-0.39, 0.29) is 13.0 Å². The lowest BCUT2D eigenvalue weighted by molar-refractivity contribution is -0.329. The van der Waals surface area contributed by atoms with Crippen molar-refractivity contribution in [3.05, 3.63) is 71.8 Å². The summed E-state index contributed by atoms with van der Waals surface area (Å²) >= 11 is 0. The Morgan fingerprint density at radius 1 is 0.875 bits per heavy atom. The van der Waals surface area contributed by atoms with Crippen molar-refractivity contribution >= 4 is 0 Å². The van der Waals surface area contributed by atoms with E-state index in [0.29, 0.717) is 5.56 Å². The highest BCUT2D eigenvalue weighted by atomic mass is 19.4. The molecule has 2 rings (SSSR count). The highest BCUT2D eigenvalue weighted by Gasteiger charge is 2.31. The maximum absolute atomic E-state index is 13.9. The van der Waals surface area contributed by atoms with Crippen LogP contribution in [0.5, 0.6) is 0 Å². The van der Waals surface area contributed by atoms with Crippen LogP contribution in [0.3, 0.4) is 0 Å². The van der Waals surface area contributed by atoms with Crippen LogP contribution in [-0.4, -0.2) is 19.1 Å². The average Bonchev–Trinajstić information content (AvgIpc) is 2.58. The molecule has 0 aromatic heterocycles. The van der Waals surface area contributed by atoms with Crippen molar-refractivity contribution in [1.29, 1.82) is 0 Å². The quantitative estimate of drug-likeness (QED) is 0.613. The van der Waals surface area contributed by atoms with E-state index in [0.717, 1.165) is 5.56 Å². The topological polar surface area (TPSA) is 18.5 Å². The van der Waals surface area contributed by atoms with E-state index in [1.54, 1.807) is 30.3 Å². The first-order chi connectivity index (χ1) is 11.4. The molecule has 0 aliphatic rings. The van der Waals surface area contributed by atoms with Crippen molar-refractivity contribution in [2.24, 2.45) is 0 Å². The van der Waals surface area contributed by atoms with Gasteiger partial charge in [-0.3, -0.25) is 4.74 Å². The molecule has 130 valence electrons. The first-order valence-electron chi connectivity index (χ1n) is 7.49. The minimum Gasteiger partial charge on any atom is -0.369 e. The molecule has 0 amide bonds. The van der Waals surface area contributed by atoms with Crippen LogP contribution in [0.15, 0.2) is 60.7 Å². The first-order valence-corrected chi connectivity index (χ1v) is 7.49. The van der Waals surface area contributed by atoms with Gasteiger partial charge in [0.05, 0.1) is 19.3 Å². The number of halogens is 4. The monoisotopic (exact) mass is 342 g/mol. The second-order valence-electron chi connectivity index (χ2n) is 5.29. The maximum Gasteiger partial charge on any atom is 0.522 e. The van der Waals surface area contributed by atoms with Gasteiger partial charge in [0.1, 0.15) is 6.17 Å². The van der Waals surface area contributed by atoms with Crippen molar-refractivity contribution < 1.29 is 27.0 Å². The van der Waals surface area contributed by atoms with Gasteiger partial charge in [-0.05, 0) is 11.1 Å².